The van der Waals surface area contributed by atoms with Crippen molar-refractivity contribution in [1.29, 1.82) is 0 Å². The lowest BCUT2D eigenvalue weighted by molar-refractivity contribution is -0.137. The lowest BCUT2D eigenvalue weighted by Crippen LogP contribution is -2.16. The summed E-state index contributed by atoms with van der Waals surface area (Å²) in [5.41, 5.74) is 6.63. The average Bonchev–Trinajstić information content (AvgIpc) is 2.58. The predicted octanol–water partition coefficient (Wildman–Crippen LogP) is 4.01. The second kappa shape index (κ2) is 7.57. The molecule has 0 aliphatic rings. The predicted molar refractivity (Wildman–Crippen MR) is 86.5 cm³/mol. The molecule has 6 heteroatoms. The summed E-state index contributed by atoms with van der Waals surface area (Å²) in [5, 5.41) is 0. The lowest BCUT2D eigenvalue weighted by Gasteiger charge is -2.19. The Bertz CT molecular complexity index is 686. The van der Waals surface area contributed by atoms with Crippen molar-refractivity contribution >= 4 is 0 Å². The van der Waals surface area contributed by atoms with Crippen LogP contribution in [0.3, 0.4) is 0 Å². The molecule has 130 valence electrons. The normalized spacial score (nSPS) is 12.8. The molecule has 2 rings (SSSR count). The summed E-state index contributed by atoms with van der Waals surface area (Å²) < 4.78 is 49.1. The molecular formula is C18H20F3NO2. The third-order valence-electron chi connectivity index (χ3n) is 3.90. The van der Waals surface area contributed by atoms with Crippen molar-refractivity contribution in [2.24, 2.45) is 5.73 Å². The van der Waals surface area contributed by atoms with E-state index in [9.17, 15) is 13.2 Å². The van der Waals surface area contributed by atoms with E-state index in [4.69, 9.17) is 15.2 Å². The van der Waals surface area contributed by atoms with E-state index >= 15 is 0 Å². The highest BCUT2D eigenvalue weighted by atomic mass is 19.4. The van der Waals surface area contributed by atoms with Crippen molar-refractivity contribution in [3.05, 3.63) is 59.2 Å². The highest BCUT2D eigenvalue weighted by molar-refractivity contribution is 5.43. The van der Waals surface area contributed by atoms with Gasteiger partial charge in [0.15, 0.2) is 0 Å². The number of ether oxygens (including phenoxy) is 2. The molecule has 0 spiro atoms. The van der Waals surface area contributed by atoms with Crippen LogP contribution in [0.2, 0.25) is 0 Å². The van der Waals surface area contributed by atoms with Crippen molar-refractivity contribution < 1.29 is 22.6 Å². The van der Waals surface area contributed by atoms with Gasteiger partial charge in [0.1, 0.15) is 11.5 Å². The Morgan fingerprint density at radius 2 is 1.79 bits per heavy atom. The molecule has 0 radical (unpaired) electrons. The first-order valence-corrected chi connectivity index (χ1v) is 7.47. The fourth-order valence-corrected chi connectivity index (χ4v) is 2.64. The second-order valence-corrected chi connectivity index (χ2v) is 5.44. The van der Waals surface area contributed by atoms with Crippen LogP contribution in [0, 0.1) is 0 Å². The van der Waals surface area contributed by atoms with Gasteiger partial charge in [-0.2, -0.15) is 13.2 Å². The molecule has 2 aromatic carbocycles. The van der Waals surface area contributed by atoms with Crippen molar-refractivity contribution in [3.63, 3.8) is 0 Å². The first-order chi connectivity index (χ1) is 11.4. The molecule has 0 fully saturated rings. The second-order valence-electron chi connectivity index (χ2n) is 5.44. The molecule has 3 nitrogen and oxygen atoms in total. The quantitative estimate of drug-likeness (QED) is 0.865. The number of halogens is 3. The van der Waals surface area contributed by atoms with Gasteiger partial charge in [-0.25, -0.2) is 0 Å². The number of hydrogen-bond donors (Lipinski definition) is 1. The summed E-state index contributed by atoms with van der Waals surface area (Å²) in [4.78, 5) is 0. The van der Waals surface area contributed by atoms with Gasteiger partial charge in [-0.1, -0.05) is 24.3 Å². The fraction of sp³-hybridized carbons (Fsp3) is 0.333. The minimum absolute atomic E-state index is 0.158. The number of methoxy groups -OCH3 is 2. The molecule has 0 saturated heterocycles. The van der Waals surface area contributed by atoms with E-state index in [1.54, 1.807) is 25.3 Å². The monoisotopic (exact) mass is 339 g/mol. The molecule has 0 aliphatic carbocycles. The molecule has 0 amide bonds. The number of benzene rings is 2. The summed E-state index contributed by atoms with van der Waals surface area (Å²) in [7, 11) is 3.09. The van der Waals surface area contributed by atoms with Gasteiger partial charge in [-0.05, 0) is 36.2 Å². The van der Waals surface area contributed by atoms with Crippen LogP contribution in [-0.4, -0.2) is 20.8 Å². The van der Waals surface area contributed by atoms with E-state index in [0.717, 1.165) is 11.6 Å². The van der Waals surface area contributed by atoms with E-state index in [0.29, 0.717) is 30.0 Å². The first-order valence-electron chi connectivity index (χ1n) is 7.47. The molecule has 0 aliphatic heterocycles. The van der Waals surface area contributed by atoms with Crippen LogP contribution in [0.25, 0.3) is 0 Å². The molecule has 0 saturated carbocycles. The minimum Gasteiger partial charge on any atom is -0.497 e. The fourth-order valence-electron chi connectivity index (χ4n) is 2.64. The van der Waals surface area contributed by atoms with Gasteiger partial charge < -0.3 is 15.2 Å². The van der Waals surface area contributed by atoms with Gasteiger partial charge in [-0.3, -0.25) is 0 Å². The van der Waals surface area contributed by atoms with Crippen molar-refractivity contribution in [3.8, 4) is 11.5 Å². The maximum Gasteiger partial charge on any atom is 0.416 e. The van der Waals surface area contributed by atoms with Crippen molar-refractivity contribution in [1.82, 2.24) is 0 Å². The van der Waals surface area contributed by atoms with Gasteiger partial charge in [0.25, 0.3) is 0 Å². The topological polar surface area (TPSA) is 44.5 Å². The van der Waals surface area contributed by atoms with E-state index in [2.05, 4.69) is 0 Å². The van der Waals surface area contributed by atoms with E-state index in [1.807, 2.05) is 6.07 Å². The Labute approximate surface area is 139 Å². The van der Waals surface area contributed by atoms with Gasteiger partial charge in [-0.15, -0.1) is 0 Å². The van der Waals surface area contributed by atoms with Gasteiger partial charge in [0.2, 0.25) is 0 Å². The SMILES string of the molecule is COc1ccc(C(CN)Cc2cccc(C(F)(F)F)c2)c(OC)c1. The van der Waals surface area contributed by atoms with Crippen LogP contribution in [0.15, 0.2) is 42.5 Å². The molecule has 0 aromatic heterocycles. The maximum absolute atomic E-state index is 12.9. The molecule has 2 N–H and O–H groups in total. The zero-order chi connectivity index (χ0) is 17.7. The third-order valence-corrected chi connectivity index (χ3v) is 3.90. The molecular weight excluding hydrogens is 319 g/mol. The molecule has 1 atom stereocenters. The molecule has 24 heavy (non-hydrogen) atoms. The van der Waals surface area contributed by atoms with Crippen LogP contribution in [0.5, 0.6) is 11.5 Å². The van der Waals surface area contributed by atoms with Gasteiger partial charge >= 0.3 is 6.18 Å². The number of rotatable bonds is 6. The van der Waals surface area contributed by atoms with Crippen LogP contribution >= 0.6 is 0 Å². The standard InChI is InChI=1S/C18H20F3NO2/c1-23-15-6-7-16(17(10-15)24-2)13(11-22)8-12-4-3-5-14(9-12)18(19,20)21/h3-7,9-10,13H,8,11,22H2,1-2H3. The zero-order valence-corrected chi connectivity index (χ0v) is 13.6. The van der Waals surface area contributed by atoms with Gasteiger partial charge in [0, 0.05) is 12.0 Å². The smallest absolute Gasteiger partial charge is 0.416 e. The lowest BCUT2D eigenvalue weighted by atomic mass is 9.90. The van der Waals surface area contributed by atoms with Crippen LogP contribution in [0.4, 0.5) is 13.2 Å². The Hall–Kier alpha value is -2.21. The van der Waals surface area contributed by atoms with Crippen LogP contribution in [-0.2, 0) is 12.6 Å². The molecule has 2 aromatic rings. The zero-order valence-electron chi connectivity index (χ0n) is 13.6. The first kappa shape index (κ1) is 18.1. The highest BCUT2D eigenvalue weighted by Gasteiger charge is 2.30. The van der Waals surface area contributed by atoms with E-state index < -0.39 is 11.7 Å². The summed E-state index contributed by atoms with van der Waals surface area (Å²) in [5.74, 6) is 1.09. The highest BCUT2D eigenvalue weighted by Crippen LogP contribution is 2.34. The third kappa shape index (κ3) is 4.20. The number of alkyl halides is 3. The Morgan fingerprint density at radius 1 is 1.04 bits per heavy atom. The summed E-state index contributed by atoms with van der Waals surface area (Å²) >= 11 is 0. The van der Waals surface area contributed by atoms with Crippen molar-refractivity contribution in [2.75, 3.05) is 20.8 Å². The summed E-state index contributed by atoms with van der Waals surface area (Å²) in [6.07, 6.45) is -3.96. The number of nitrogens with two attached hydrogens (primary N) is 1. The Morgan fingerprint density at radius 3 is 2.38 bits per heavy atom. The Kier molecular flexibility index (Phi) is 5.72. The molecule has 1 unspecified atom stereocenters. The maximum atomic E-state index is 12.9. The summed E-state index contributed by atoms with van der Waals surface area (Å²) in [6, 6.07) is 10.7. The average molecular weight is 339 g/mol. The largest absolute Gasteiger partial charge is 0.497 e. The molecule has 0 heterocycles. The van der Waals surface area contributed by atoms with E-state index in [1.165, 1.54) is 19.2 Å². The summed E-state index contributed by atoms with van der Waals surface area (Å²) in [6.45, 7) is 0.291. The van der Waals surface area contributed by atoms with Crippen LogP contribution < -0.4 is 15.2 Å². The Balaban J connectivity index is 2.30. The van der Waals surface area contributed by atoms with Crippen LogP contribution in [0.1, 0.15) is 22.6 Å². The minimum atomic E-state index is -4.36. The molecule has 0 bridgehead atoms. The van der Waals surface area contributed by atoms with Gasteiger partial charge in [0.05, 0.1) is 19.8 Å². The van der Waals surface area contributed by atoms with E-state index in [-0.39, 0.29) is 5.92 Å². The number of hydrogen-bond acceptors (Lipinski definition) is 3. The van der Waals surface area contributed by atoms with Crippen molar-refractivity contribution in [2.45, 2.75) is 18.5 Å².